The molecule has 0 aromatic heterocycles. The van der Waals surface area contributed by atoms with Gasteiger partial charge in [0.15, 0.2) is 5.96 Å². The van der Waals surface area contributed by atoms with Crippen molar-refractivity contribution in [3.05, 3.63) is 30.3 Å². The fourth-order valence-corrected chi connectivity index (χ4v) is 2.67. The highest BCUT2D eigenvalue weighted by Crippen LogP contribution is 2.08. The van der Waals surface area contributed by atoms with Gasteiger partial charge in [0.25, 0.3) is 0 Å². The van der Waals surface area contributed by atoms with Gasteiger partial charge in [0.05, 0.1) is 0 Å². The van der Waals surface area contributed by atoms with Crippen molar-refractivity contribution < 1.29 is 4.79 Å². The summed E-state index contributed by atoms with van der Waals surface area (Å²) in [4.78, 5) is 17.9. The number of anilines is 1. The van der Waals surface area contributed by atoms with Crippen molar-refractivity contribution in [2.75, 3.05) is 36.5 Å². The molecule has 5 nitrogen and oxygen atoms in total. The number of amides is 1. The van der Waals surface area contributed by atoms with Crippen molar-refractivity contribution in [2.24, 2.45) is 10.7 Å². The van der Waals surface area contributed by atoms with Gasteiger partial charge in [-0.05, 0) is 12.1 Å². The van der Waals surface area contributed by atoms with Crippen LogP contribution in [0.3, 0.4) is 0 Å². The van der Waals surface area contributed by atoms with Crippen LogP contribution in [0.5, 0.6) is 0 Å². The molecular formula is C13H19IN4OS. The first-order chi connectivity index (χ1) is 9.25. The lowest BCUT2D eigenvalue weighted by atomic mass is 10.3. The zero-order valence-electron chi connectivity index (χ0n) is 11.1. The number of guanidine groups is 1. The first-order valence-electron chi connectivity index (χ1n) is 6.23. The molecule has 1 fully saturated rings. The number of aliphatic imine (C=N–C) groups is 1. The average Bonchev–Trinajstić information content (AvgIpc) is 2.47. The zero-order valence-corrected chi connectivity index (χ0v) is 14.3. The minimum absolute atomic E-state index is 0. The molecule has 0 unspecified atom stereocenters. The molecule has 0 aliphatic carbocycles. The van der Waals surface area contributed by atoms with Crippen molar-refractivity contribution in [3.63, 3.8) is 0 Å². The number of nitrogens with two attached hydrogens (primary N) is 1. The van der Waals surface area contributed by atoms with Crippen molar-refractivity contribution >= 4 is 53.3 Å². The highest BCUT2D eigenvalue weighted by molar-refractivity contribution is 14.0. The number of nitrogens with one attached hydrogen (secondary N) is 1. The second-order valence-corrected chi connectivity index (χ2v) is 5.41. The van der Waals surface area contributed by atoms with Crippen molar-refractivity contribution in [3.8, 4) is 0 Å². The monoisotopic (exact) mass is 406 g/mol. The normalized spacial score (nSPS) is 15.4. The Morgan fingerprint density at radius 2 is 1.95 bits per heavy atom. The van der Waals surface area contributed by atoms with E-state index in [2.05, 4.69) is 10.3 Å². The van der Waals surface area contributed by atoms with E-state index in [0.717, 1.165) is 30.3 Å². The number of thioether (sulfide) groups is 1. The highest BCUT2D eigenvalue weighted by Gasteiger charge is 2.12. The van der Waals surface area contributed by atoms with Gasteiger partial charge in [-0.1, -0.05) is 18.2 Å². The lowest BCUT2D eigenvalue weighted by molar-refractivity contribution is -0.114. The van der Waals surface area contributed by atoms with Crippen LogP contribution in [0, 0.1) is 0 Å². The fraction of sp³-hybridized carbons (Fsp3) is 0.385. The molecule has 3 N–H and O–H groups in total. The molecule has 0 spiro atoms. The molecule has 0 saturated carbocycles. The predicted octanol–water partition coefficient (Wildman–Crippen LogP) is 1.61. The van der Waals surface area contributed by atoms with E-state index in [-0.39, 0.29) is 36.4 Å². The third-order valence-electron chi connectivity index (χ3n) is 2.78. The molecule has 1 aliphatic heterocycles. The third kappa shape index (κ3) is 5.58. The SMILES string of the molecule is I.NC(=NCC(=O)Nc1ccccc1)N1CCSCC1. The van der Waals surface area contributed by atoms with E-state index in [1.54, 1.807) is 0 Å². The number of rotatable bonds is 3. The van der Waals surface area contributed by atoms with E-state index in [9.17, 15) is 4.79 Å². The minimum atomic E-state index is -0.152. The summed E-state index contributed by atoms with van der Waals surface area (Å²) in [5.41, 5.74) is 6.65. The van der Waals surface area contributed by atoms with Gasteiger partial charge < -0.3 is 16.0 Å². The van der Waals surface area contributed by atoms with Crippen molar-refractivity contribution in [2.45, 2.75) is 0 Å². The third-order valence-corrected chi connectivity index (χ3v) is 3.72. The first-order valence-corrected chi connectivity index (χ1v) is 7.38. The van der Waals surface area contributed by atoms with E-state index < -0.39 is 0 Å². The quantitative estimate of drug-likeness (QED) is 0.455. The number of carbonyl (C=O) groups excluding carboxylic acids is 1. The Labute approximate surface area is 140 Å². The van der Waals surface area contributed by atoms with Gasteiger partial charge in [0.2, 0.25) is 5.91 Å². The molecule has 0 atom stereocenters. The number of nitrogens with zero attached hydrogens (tertiary/aromatic N) is 2. The molecule has 1 heterocycles. The van der Waals surface area contributed by atoms with E-state index in [0.29, 0.717) is 5.96 Å². The van der Waals surface area contributed by atoms with Gasteiger partial charge in [-0.2, -0.15) is 11.8 Å². The number of hydrogen-bond donors (Lipinski definition) is 2. The van der Waals surface area contributed by atoms with Crippen molar-refractivity contribution in [1.82, 2.24) is 4.90 Å². The van der Waals surface area contributed by atoms with Crippen molar-refractivity contribution in [1.29, 1.82) is 0 Å². The van der Waals surface area contributed by atoms with Crippen LogP contribution in [-0.4, -0.2) is 47.9 Å². The number of para-hydroxylation sites is 1. The van der Waals surface area contributed by atoms with Crippen LogP contribution in [0.1, 0.15) is 0 Å². The molecule has 1 aromatic rings. The smallest absolute Gasteiger partial charge is 0.246 e. The topological polar surface area (TPSA) is 70.7 Å². The van der Waals surface area contributed by atoms with Crippen LogP contribution in [0.2, 0.25) is 0 Å². The molecule has 2 rings (SSSR count). The summed E-state index contributed by atoms with van der Waals surface area (Å²) >= 11 is 1.91. The largest absolute Gasteiger partial charge is 0.370 e. The summed E-state index contributed by atoms with van der Waals surface area (Å²) < 4.78 is 0. The van der Waals surface area contributed by atoms with Gasteiger partial charge in [-0.3, -0.25) is 4.79 Å². The van der Waals surface area contributed by atoms with E-state index in [1.807, 2.05) is 47.0 Å². The Kier molecular flexibility index (Phi) is 7.75. The number of hydrogen-bond acceptors (Lipinski definition) is 3. The summed E-state index contributed by atoms with van der Waals surface area (Å²) in [5.74, 6) is 2.43. The van der Waals surface area contributed by atoms with E-state index in [1.165, 1.54) is 0 Å². The second kappa shape index (κ2) is 9.06. The molecule has 1 aromatic carbocycles. The number of halogens is 1. The van der Waals surface area contributed by atoms with Crippen LogP contribution < -0.4 is 11.1 Å². The van der Waals surface area contributed by atoms with Gasteiger partial charge in [-0.25, -0.2) is 4.99 Å². The molecule has 1 amide bonds. The average molecular weight is 406 g/mol. The van der Waals surface area contributed by atoms with Crippen LogP contribution in [0.15, 0.2) is 35.3 Å². The maximum Gasteiger partial charge on any atom is 0.246 e. The zero-order chi connectivity index (χ0) is 13.5. The van der Waals surface area contributed by atoms with Gasteiger partial charge in [-0.15, -0.1) is 24.0 Å². The summed E-state index contributed by atoms with van der Waals surface area (Å²) in [7, 11) is 0. The molecule has 1 saturated heterocycles. The molecule has 0 bridgehead atoms. The molecule has 0 radical (unpaired) electrons. The Morgan fingerprint density at radius 1 is 1.30 bits per heavy atom. The molecular weight excluding hydrogens is 387 g/mol. The molecule has 20 heavy (non-hydrogen) atoms. The fourth-order valence-electron chi connectivity index (χ4n) is 1.77. The Hall–Kier alpha value is -0.960. The van der Waals surface area contributed by atoms with Gasteiger partial charge in [0.1, 0.15) is 6.54 Å². The Bertz CT molecular complexity index is 449. The van der Waals surface area contributed by atoms with Crippen LogP contribution in [0.25, 0.3) is 0 Å². The second-order valence-electron chi connectivity index (χ2n) is 4.19. The highest BCUT2D eigenvalue weighted by atomic mass is 127. The van der Waals surface area contributed by atoms with Gasteiger partial charge >= 0.3 is 0 Å². The lowest BCUT2D eigenvalue weighted by Gasteiger charge is -2.27. The van der Waals surface area contributed by atoms with Crippen LogP contribution in [-0.2, 0) is 4.79 Å². The molecule has 110 valence electrons. The Morgan fingerprint density at radius 3 is 2.60 bits per heavy atom. The Balaban J connectivity index is 0.00000200. The standard InChI is InChI=1S/C13H18N4OS.HI/c14-13(17-6-8-19-9-7-17)15-10-12(18)16-11-4-2-1-3-5-11;/h1-5H,6-10H2,(H2,14,15)(H,16,18);1H. The summed E-state index contributed by atoms with van der Waals surface area (Å²) in [5, 5.41) is 2.78. The minimum Gasteiger partial charge on any atom is -0.370 e. The lowest BCUT2D eigenvalue weighted by Crippen LogP contribution is -2.43. The van der Waals surface area contributed by atoms with E-state index in [4.69, 9.17) is 5.73 Å². The van der Waals surface area contributed by atoms with Gasteiger partial charge in [0, 0.05) is 30.3 Å². The number of benzene rings is 1. The summed E-state index contributed by atoms with van der Waals surface area (Å²) in [6, 6.07) is 9.33. The molecule has 1 aliphatic rings. The molecule has 7 heteroatoms. The maximum absolute atomic E-state index is 11.7. The number of carbonyl (C=O) groups is 1. The van der Waals surface area contributed by atoms with Crippen LogP contribution >= 0.6 is 35.7 Å². The predicted molar refractivity (Wildman–Crippen MR) is 95.9 cm³/mol. The summed E-state index contributed by atoms with van der Waals surface area (Å²) in [6.45, 7) is 1.87. The first kappa shape index (κ1) is 17.1. The van der Waals surface area contributed by atoms with Crippen LogP contribution in [0.4, 0.5) is 5.69 Å². The van der Waals surface area contributed by atoms with E-state index >= 15 is 0 Å². The summed E-state index contributed by atoms with van der Waals surface area (Å²) in [6.07, 6.45) is 0. The maximum atomic E-state index is 11.7.